The maximum absolute atomic E-state index is 5.79. The van der Waals surface area contributed by atoms with E-state index < -0.39 is 0 Å². The van der Waals surface area contributed by atoms with E-state index in [1.54, 1.807) is 15.9 Å². The van der Waals surface area contributed by atoms with Crippen LogP contribution in [0.1, 0.15) is 24.8 Å². The van der Waals surface area contributed by atoms with Gasteiger partial charge in [-0.15, -0.1) is 10.2 Å². The summed E-state index contributed by atoms with van der Waals surface area (Å²) in [5.41, 5.74) is 7.43. The summed E-state index contributed by atoms with van der Waals surface area (Å²) in [5, 5.41) is 13.9. The summed E-state index contributed by atoms with van der Waals surface area (Å²) >= 11 is 1.57. The van der Waals surface area contributed by atoms with E-state index in [0.29, 0.717) is 11.6 Å². The lowest BCUT2D eigenvalue weighted by Crippen LogP contribution is -1.94. The maximum Gasteiger partial charge on any atom is 0.234 e. The topological polar surface area (TPSA) is 69.1 Å². The van der Waals surface area contributed by atoms with Gasteiger partial charge in [-0.25, -0.2) is 0 Å². The summed E-state index contributed by atoms with van der Waals surface area (Å²) in [5.74, 6) is 1.13. The third kappa shape index (κ3) is 1.74. The van der Waals surface area contributed by atoms with Crippen molar-refractivity contribution in [1.82, 2.24) is 19.8 Å². The zero-order valence-corrected chi connectivity index (χ0v) is 11.0. The van der Waals surface area contributed by atoms with Gasteiger partial charge < -0.3 is 5.73 Å². The number of nitrogen functional groups attached to an aromatic ring is 1. The van der Waals surface area contributed by atoms with Crippen LogP contribution in [0, 0.1) is 0 Å². The molecule has 0 saturated carbocycles. The molecule has 3 rings (SSSR count). The van der Waals surface area contributed by atoms with Gasteiger partial charge in [0.15, 0.2) is 5.82 Å². The second kappa shape index (κ2) is 4.06. The van der Waals surface area contributed by atoms with E-state index in [0.717, 1.165) is 21.4 Å². The third-order valence-electron chi connectivity index (χ3n) is 2.65. The summed E-state index contributed by atoms with van der Waals surface area (Å²) in [6.07, 6.45) is 0. The highest BCUT2D eigenvalue weighted by atomic mass is 32.1. The molecule has 0 amide bonds. The van der Waals surface area contributed by atoms with E-state index in [1.807, 2.05) is 24.3 Å². The van der Waals surface area contributed by atoms with Crippen LogP contribution in [0.5, 0.6) is 0 Å². The highest BCUT2D eigenvalue weighted by Crippen LogP contribution is 2.25. The van der Waals surface area contributed by atoms with Gasteiger partial charge >= 0.3 is 0 Å². The smallest absolute Gasteiger partial charge is 0.234 e. The van der Waals surface area contributed by atoms with Crippen LogP contribution in [0.15, 0.2) is 24.3 Å². The van der Waals surface area contributed by atoms with Gasteiger partial charge in [-0.1, -0.05) is 37.3 Å². The molecule has 0 bridgehead atoms. The Hall–Kier alpha value is -1.95. The number of anilines is 1. The van der Waals surface area contributed by atoms with E-state index in [2.05, 4.69) is 29.1 Å². The predicted molar refractivity (Wildman–Crippen MR) is 72.6 cm³/mol. The van der Waals surface area contributed by atoms with Gasteiger partial charge in [0.1, 0.15) is 5.01 Å². The molecule has 18 heavy (non-hydrogen) atoms. The van der Waals surface area contributed by atoms with Crippen molar-refractivity contribution in [3.63, 3.8) is 0 Å². The van der Waals surface area contributed by atoms with Crippen LogP contribution in [0.3, 0.4) is 0 Å². The Morgan fingerprint density at radius 1 is 1.28 bits per heavy atom. The van der Waals surface area contributed by atoms with E-state index in [4.69, 9.17) is 5.73 Å². The Morgan fingerprint density at radius 2 is 2.11 bits per heavy atom. The average Bonchev–Trinajstić information content (AvgIpc) is 2.87. The molecule has 2 N–H and O–H groups in total. The van der Waals surface area contributed by atoms with E-state index in [9.17, 15) is 0 Å². The molecule has 0 spiro atoms. The molecule has 3 aromatic rings. The van der Waals surface area contributed by atoms with Crippen molar-refractivity contribution in [3.05, 3.63) is 29.3 Å². The molecular formula is C12H13N5S. The Balaban J connectivity index is 2.17. The number of nitrogens with two attached hydrogens (primary N) is 1. The Labute approximate surface area is 108 Å². The van der Waals surface area contributed by atoms with Crippen molar-refractivity contribution in [2.45, 2.75) is 19.8 Å². The van der Waals surface area contributed by atoms with Crippen molar-refractivity contribution in [1.29, 1.82) is 0 Å². The molecule has 0 aliphatic carbocycles. The minimum absolute atomic E-state index is 0.394. The Morgan fingerprint density at radius 3 is 2.83 bits per heavy atom. The molecule has 2 aromatic heterocycles. The molecule has 2 heterocycles. The van der Waals surface area contributed by atoms with Gasteiger partial charge in [0.05, 0.1) is 0 Å². The number of hydrogen-bond acceptors (Lipinski definition) is 5. The first kappa shape index (κ1) is 11.2. The second-order valence-electron chi connectivity index (χ2n) is 4.44. The van der Waals surface area contributed by atoms with Crippen LogP contribution < -0.4 is 5.73 Å². The Kier molecular flexibility index (Phi) is 2.52. The number of aromatic nitrogens is 4. The molecule has 1 aromatic carbocycles. The summed E-state index contributed by atoms with van der Waals surface area (Å²) in [7, 11) is 0. The monoisotopic (exact) mass is 259 g/mol. The zero-order valence-electron chi connectivity index (χ0n) is 10.2. The van der Waals surface area contributed by atoms with Gasteiger partial charge in [0, 0.05) is 17.2 Å². The molecule has 5 nitrogen and oxygen atoms in total. The number of fused-ring (bicyclic) bond motifs is 1. The number of nitrogens with zero attached hydrogens (tertiary/aromatic N) is 4. The lowest BCUT2D eigenvalue weighted by Gasteiger charge is -1.99. The Bertz CT molecular complexity index is 697. The average molecular weight is 259 g/mol. The van der Waals surface area contributed by atoms with E-state index in [-0.39, 0.29) is 0 Å². The van der Waals surface area contributed by atoms with Crippen LogP contribution in [0.4, 0.5) is 5.69 Å². The normalized spacial score (nSPS) is 11.5. The molecule has 0 atom stereocenters. The number of benzene rings is 1. The fourth-order valence-corrected chi connectivity index (χ4v) is 2.56. The maximum atomic E-state index is 5.79. The van der Waals surface area contributed by atoms with Gasteiger partial charge in [0.25, 0.3) is 0 Å². The second-order valence-corrected chi connectivity index (χ2v) is 5.43. The molecule has 0 fully saturated rings. The van der Waals surface area contributed by atoms with Crippen molar-refractivity contribution in [2.24, 2.45) is 0 Å². The van der Waals surface area contributed by atoms with E-state index in [1.165, 1.54) is 0 Å². The first-order valence-electron chi connectivity index (χ1n) is 5.73. The van der Waals surface area contributed by atoms with Crippen LogP contribution in [0.2, 0.25) is 0 Å². The summed E-state index contributed by atoms with van der Waals surface area (Å²) < 4.78 is 1.79. The summed E-state index contributed by atoms with van der Waals surface area (Å²) in [4.78, 5) is 0.816. The van der Waals surface area contributed by atoms with Crippen molar-refractivity contribution in [2.75, 3.05) is 5.73 Å². The predicted octanol–water partition coefficient (Wildman–Crippen LogP) is 2.56. The molecule has 92 valence electrons. The minimum atomic E-state index is 0.394. The lowest BCUT2D eigenvalue weighted by atomic mass is 10.2. The fraction of sp³-hybridized carbons (Fsp3) is 0.250. The zero-order chi connectivity index (χ0) is 12.7. The van der Waals surface area contributed by atoms with Gasteiger partial charge in [-0.3, -0.25) is 0 Å². The highest BCUT2D eigenvalue weighted by molar-refractivity contribution is 7.16. The summed E-state index contributed by atoms with van der Waals surface area (Å²) in [6, 6.07) is 7.59. The quantitative estimate of drug-likeness (QED) is 0.718. The highest BCUT2D eigenvalue weighted by Gasteiger charge is 2.14. The standard InChI is InChI=1S/C12H13N5S/c1-7(2)11-16-17-10(14-15-12(17)18-11)8-4-3-5-9(13)6-8/h3-7H,13H2,1-2H3. The summed E-state index contributed by atoms with van der Waals surface area (Å²) in [6.45, 7) is 4.23. The van der Waals surface area contributed by atoms with Gasteiger partial charge in [-0.05, 0) is 12.1 Å². The SMILES string of the molecule is CC(C)c1nn2c(-c3cccc(N)c3)nnc2s1. The van der Waals surface area contributed by atoms with Crippen LogP contribution in [-0.4, -0.2) is 19.8 Å². The van der Waals surface area contributed by atoms with Crippen molar-refractivity contribution >= 4 is 22.0 Å². The minimum Gasteiger partial charge on any atom is -0.399 e. The van der Waals surface area contributed by atoms with E-state index >= 15 is 0 Å². The molecule has 0 unspecified atom stereocenters. The molecule has 0 aliphatic heterocycles. The third-order valence-corrected chi connectivity index (χ3v) is 3.84. The fourth-order valence-electron chi connectivity index (χ4n) is 1.72. The van der Waals surface area contributed by atoms with Gasteiger partial charge in [0.2, 0.25) is 4.96 Å². The number of hydrogen-bond donors (Lipinski definition) is 1. The van der Waals surface area contributed by atoms with Crippen LogP contribution >= 0.6 is 11.3 Å². The van der Waals surface area contributed by atoms with Crippen LogP contribution in [-0.2, 0) is 0 Å². The molecule has 0 aliphatic rings. The largest absolute Gasteiger partial charge is 0.399 e. The first-order chi connectivity index (χ1) is 8.65. The molecule has 6 heteroatoms. The lowest BCUT2D eigenvalue weighted by molar-refractivity contribution is 0.802. The molecule has 0 saturated heterocycles. The van der Waals surface area contributed by atoms with Crippen molar-refractivity contribution in [3.8, 4) is 11.4 Å². The van der Waals surface area contributed by atoms with Crippen LogP contribution in [0.25, 0.3) is 16.3 Å². The molecule has 0 radical (unpaired) electrons. The van der Waals surface area contributed by atoms with Crippen molar-refractivity contribution < 1.29 is 0 Å². The first-order valence-corrected chi connectivity index (χ1v) is 6.55. The molecular weight excluding hydrogens is 246 g/mol. The van der Waals surface area contributed by atoms with Gasteiger partial charge in [-0.2, -0.15) is 9.61 Å². The number of rotatable bonds is 2.